The van der Waals surface area contributed by atoms with Crippen LogP contribution < -0.4 is 5.32 Å². The molecule has 0 spiro atoms. The minimum Gasteiger partial charge on any atom is -0.379 e. The summed E-state index contributed by atoms with van der Waals surface area (Å²) in [6, 6.07) is 0.479. The molecule has 1 aromatic heterocycles. The standard InChI is InChI=1S/C14H26N4O/c1-13(2)18-12-16-11-14(18)10-15-4-3-5-17-6-8-19-9-7-17/h11-13,15H,3-10H2,1-2H3. The van der Waals surface area contributed by atoms with Crippen molar-refractivity contribution in [3.05, 3.63) is 18.2 Å². The van der Waals surface area contributed by atoms with Crippen molar-refractivity contribution < 1.29 is 4.74 Å². The largest absolute Gasteiger partial charge is 0.379 e. The van der Waals surface area contributed by atoms with Gasteiger partial charge in [0.25, 0.3) is 0 Å². The highest BCUT2D eigenvalue weighted by atomic mass is 16.5. The minimum atomic E-state index is 0.479. The number of nitrogens with one attached hydrogen (secondary N) is 1. The average Bonchev–Trinajstić information content (AvgIpc) is 2.88. The fourth-order valence-corrected chi connectivity index (χ4v) is 2.40. The van der Waals surface area contributed by atoms with Crippen molar-refractivity contribution in [3.63, 3.8) is 0 Å². The van der Waals surface area contributed by atoms with Crippen LogP contribution in [-0.2, 0) is 11.3 Å². The molecule has 1 N–H and O–H groups in total. The van der Waals surface area contributed by atoms with E-state index in [4.69, 9.17) is 4.74 Å². The number of hydrogen-bond acceptors (Lipinski definition) is 4. The highest BCUT2D eigenvalue weighted by Gasteiger charge is 2.09. The quantitative estimate of drug-likeness (QED) is 0.755. The summed E-state index contributed by atoms with van der Waals surface area (Å²) in [6.45, 7) is 11.4. The van der Waals surface area contributed by atoms with E-state index in [2.05, 4.69) is 33.6 Å². The summed E-state index contributed by atoms with van der Waals surface area (Å²) in [5, 5.41) is 3.50. The topological polar surface area (TPSA) is 42.3 Å². The van der Waals surface area contributed by atoms with Gasteiger partial charge in [-0.25, -0.2) is 4.98 Å². The van der Waals surface area contributed by atoms with Gasteiger partial charge in [0.2, 0.25) is 0 Å². The van der Waals surface area contributed by atoms with E-state index in [1.807, 2.05) is 12.5 Å². The van der Waals surface area contributed by atoms with Gasteiger partial charge < -0.3 is 14.6 Å². The summed E-state index contributed by atoms with van der Waals surface area (Å²) in [5.41, 5.74) is 1.27. The zero-order chi connectivity index (χ0) is 13.5. The summed E-state index contributed by atoms with van der Waals surface area (Å²) in [5.74, 6) is 0. The lowest BCUT2D eigenvalue weighted by Crippen LogP contribution is -2.37. The van der Waals surface area contributed by atoms with Crippen molar-refractivity contribution in [3.8, 4) is 0 Å². The van der Waals surface area contributed by atoms with Crippen LogP contribution in [-0.4, -0.2) is 53.8 Å². The molecule has 108 valence electrons. The molecule has 1 aliphatic heterocycles. The van der Waals surface area contributed by atoms with E-state index >= 15 is 0 Å². The molecule has 5 heteroatoms. The third kappa shape index (κ3) is 4.60. The average molecular weight is 266 g/mol. The molecule has 0 unspecified atom stereocenters. The maximum atomic E-state index is 5.34. The minimum absolute atomic E-state index is 0.479. The van der Waals surface area contributed by atoms with Crippen LogP contribution >= 0.6 is 0 Å². The fourth-order valence-electron chi connectivity index (χ4n) is 2.40. The van der Waals surface area contributed by atoms with Crippen LogP contribution in [0.2, 0.25) is 0 Å². The van der Waals surface area contributed by atoms with Crippen LogP contribution in [0.15, 0.2) is 12.5 Å². The first-order valence-corrected chi connectivity index (χ1v) is 7.29. The summed E-state index contributed by atoms with van der Waals surface area (Å²) in [6.07, 6.45) is 5.06. The normalized spacial score (nSPS) is 17.2. The van der Waals surface area contributed by atoms with Gasteiger partial charge in [0.1, 0.15) is 0 Å². The Bertz CT molecular complexity index is 358. The molecule has 0 saturated carbocycles. The highest BCUT2D eigenvalue weighted by molar-refractivity contribution is 4.99. The first kappa shape index (κ1) is 14.5. The van der Waals surface area contributed by atoms with Gasteiger partial charge in [-0.2, -0.15) is 0 Å². The van der Waals surface area contributed by atoms with Crippen LogP contribution in [0.3, 0.4) is 0 Å². The van der Waals surface area contributed by atoms with Crippen LogP contribution in [0, 0.1) is 0 Å². The summed E-state index contributed by atoms with van der Waals surface area (Å²) in [4.78, 5) is 6.69. The molecule has 0 bridgehead atoms. The van der Waals surface area contributed by atoms with Crippen molar-refractivity contribution in [2.24, 2.45) is 0 Å². The van der Waals surface area contributed by atoms with Crippen LogP contribution in [0.5, 0.6) is 0 Å². The molecular formula is C14H26N4O. The van der Waals surface area contributed by atoms with E-state index in [0.717, 1.165) is 39.4 Å². The Morgan fingerprint density at radius 3 is 2.89 bits per heavy atom. The van der Waals surface area contributed by atoms with Crippen molar-refractivity contribution >= 4 is 0 Å². The number of imidazole rings is 1. The first-order chi connectivity index (χ1) is 9.27. The lowest BCUT2D eigenvalue weighted by Gasteiger charge is -2.26. The van der Waals surface area contributed by atoms with Gasteiger partial charge in [0, 0.05) is 31.9 Å². The molecule has 1 saturated heterocycles. The van der Waals surface area contributed by atoms with E-state index in [-0.39, 0.29) is 0 Å². The van der Waals surface area contributed by atoms with Gasteiger partial charge in [-0.05, 0) is 33.4 Å². The Labute approximate surface area is 116 Å². The molecule has 19 heavy (non-hydrogen) atoms. The number of rotatable bonds is 7. The Kier molecular flexibility index (Phi) is 5.82. The second kappa shape index (κ2) is 7.62. The molecule has 1 aromatic rings. The Hall–Kier alpha value is -0.910. The highest BCUT2D eigenvalue weighted by Crippen LogP contribution is 2.08. The third-order valence-electron chi connectivity index (χ3n) is 3.54. The third-order valence-corrected chi connectivity index (χ3v) is 3.54. The van der Waals surface area contributed by atoms with Gasteiger partial charge in [-0.1, -0.05) is 0 Å². The number of aromatic nitrogens is 2. The summed E-state index contributed by atoms with van der Waals surface area (Å²) < 4.78 is 7.56. The Balaban J connectivity index is 1.59. The van der Waals surface area contributed by atoms with Crippen molar-refractivity contribution in [2.45, 2.75) is 32.9 Å². The zero-order valence-electron chi connectivity index (χ0n) is 12.1. The molecule has 1 aliphatic rings. The van der Waals surface area contributed by atoms with Gasteiger partial charge in [-0.15, -0.1) is 0 Å². The lowest BCUT2D eigenvalue weighted by molar-refractivity contribution is 0.0374. The lowest BCUT2D eigenvalue weighted by atomic mass is 10.3. The summed E-state index contributed by atoms with van der Waals surface area (Å²) >= 11 is 0. The molecule has 2 rings (SSSR count). The Morgan fingerprint density at radius 1 is 1.37 bits per heavy atom. The molecule has 0 amide bonds. The van der Waals surface area contributed by atoms with Crippen LogP contribution in [0.25, 0.3) is 0 Å². The maximum Gasteiger partial charge on any atom is 0.0951 e. The van der Waals surface area contributed by atoms with Gasteiger partial charge >= 0.3 is 0 Å². The predicted octanol–water partition coefficient (Wildman–Crippen LogP) is 1.28. The van der Waals surface area contributed by atoms with E-state index in [1.54, 1.807) is 0 Å². The van der Waals surface area contributed by atoms with Crippen LogP contribution in [0.4, 0.5) is 0 Å². The zero-order valence-corrected chi connectivity index (χ0v) is 12.1. The number of morpholine rings is 1. The monoisotopic (exact) mass is 266 g/mol. The van der Waals surface area contributed by atoms with E-state index in [0.29, 0.717) is 6.04 Å². The van der Waals surface area contributed by atoms with Crippen molar-refractivity contribution in [1.29, 1.82) is 0 Å². The second-order valence-electron chi connectivity index (χ2n) is 5.37. The number of hydrogen-bond donors (Lipinski definition) is 1. The molecule has 0 aliphatic carbocycles. The smallest absolute Gasteiger partial charge is 0.0951 e. The van der Waals surface area contributed by atoms with E-state index in [9.17, 15) is 0 Å². The van der Waals surface area contributed by atoms with Gasteiger partial charge in [0.05, 0.1) is 25.2 Å². The Morgan fingerprint density at radius 2 is 2.16 bits per heavy atom. The predicted molar refractivity (Wildman–Crippen MR) is 76.2 cm³/mol. The fraction of sp³-hybridized carbons (Fsp3) is 0.786. The molecule has 5 nitrogen and oxygen atoms in total. The summed E-state index contributed by atoms with van der Waals surface area (Å²) in [7, 11) is 0. The molecule has 1 fully saturated rings. The molecule has 2 heterocycles. The van der Waals surface area contributed by atoms with Gasteiger partial charge in [-0.3, -0.25) is 4.90 Å². The second-order valence-corrected chi connectivity index (χ2v) is 5.37. The first-order valence-electron chi connectivity index (χ1n) is 7.29. The van der Waals surface area contributed by atoms with Crippen molar-refractivity contribution in [1.82, 2.24) is 19.8 Å². The number of ether oxygens (including phenoxy) is 1. The van der Waals surface area contributed by atoms with Crippen LogP contribution in [0.1, 0.15) is 32.0 Å². The molecule has 0 aromatic carbocycles. The molecule has 0 atom stereocenters. The van der Waals surface area contributed by atoms with E-state index in [1.165, 1.54) is 18.7 Å². The van der Waals surface area contributed by atoms with E-state index < -0.39 is 0 Å². The van der Waals surface area contributed by atoms with Crippen molar-refractivity contribution in [2.75, 3.05) is 39.4 Å². The SMILES string of the molecule is CC(C)n1cncc1CNCCCN1CCOCC1. The van der Waals surface area contributed by atoms with Gasteiger partial charge in [0.15, 0.2) is 0 Å². The molecular weight excluding hydrogens is 240 g/mol. The number of nitrogens with zero attached hydrogens (tertiary/aromatic N) is 3. The maximum absolute atomic E-state index is 5.34. The molecule has 0 radical (unpaired) electrons.